The fourth-order valence-corrected chi connectivity index (χ4v) is 1.88. The standard InChI is InChI=1S/C10H6BrF3N2O/c11-7-3-6(10(12,13)14)4-8(5-7)16-2-1-15-9(16)17/h1-5H,(H,15,17). The summed E-state index contributed by atoms with van der Waals surface area (Å²) in [5, 5.41) is 0. The van der Waals surface area contributed by atoms with E-state index < -0.39 is 17.4 Å². The van der Waals surface area contributed by atoms with Crippen LogP contribution in [0.2, 0.25) is 0 Å². The van der Waals surface area contributed by atoms with Crippen molar-refractivity contribution in [3.8, 4) is 5.69 Å². The van der Waals surface area contributed by atoms with Crippen molar-refractivity contribution in [2.45, 2.75) is 6.18 Å². The maximum Gasteiger partial charge on any atom is 0.416 e. The lowest BCUT2D eigenvalue weighted by atomic mass is 10.2. The first-order chi connectivity index (χ1) is 7.88. The quantitative estimate of drug-likeness (QED) is 0.864. The van der Waals surface area contributed by atoms with Gasteiger partial charge in [0.1, 0.15) is 0 Å². The highest BCUT2D eigenvalue weighted by atomic mass is 79.9. The first-order valence-corrected chi connectivity index (χ1v) is 5.31. The monoisotopic (exact) mass is 306 g/mol. The van der Waals surface area contributed by atoms with E-state index in [1.165, 1.54) is 18.5 Å². The van der Waals surface area contributed by atoms with Crippen LogP contribution in [0.5, 0.6) is 0 Å². The summed E-state index contributed by atoms with van der Waals surface area (Å²) < 4.78 is 39.1. The van der Waals surface area contributed by atoms with Gasteiger partial charge in [0.25, 0.3) is 0 Å². The summed E-state index contributed by atoms with van der Waals surface area (Å²) in [5.74, 6) is 0. The molecule has 1 aromatic heterocycles. The average Bonchev–Trinajstić information content (AvgIpc) is 2.62. The van der Waals surface area contributed by atoms with Crippen molar-refractivity contribution in [2.24, 2.45) is 0 Å². The third-order valence-corrected chi connectivity index (χ3v) is 2.60. The molecule has 1 heterocycles. The molecule has 0 saturated heterocycles. The Hall–Kier alpha value is -1.50. The summed E-state index contributed by atoms with van der Waals surface area (Å²) in [5.41, 5.74) is -1.15. The molecule has 0 aliphatic carbocycles. The predicted octanol–water partition coefficient (Wildman–Crippen LogP) is 2.95. The average molecular weight is 307 g/mol. The number of hydrogen-bond acceptors (Lipinski definition) is 1. The first kappa shape index (κ1) is 12.0. The molecule has 0 unspecified atom stereocenters. The van der Waals surface area contributed by atoms with Crippen LogP contribution in [0.3, 0.4) is 0 Å². The van der Waals surface area contributed by atoms with Gasteiger partial charge in [-0.25, -0.2) is 4.79 Å². The molecule has 0 aliphatic rings. The van der Waals surface area contributed by atoms with E-state index in [0.29, 0.717) is 0 Å². The van der Waals surface area contributed by atoms with E-state index in [9.17, 15) is 18.0 Å². The number of nitrogens with one attached hydrogen (secondary N) is 1. The van der Waals surface area contributed by atoms with E-state index in [1.807, 2.05) is 0 Å². The molecule has 7 heteroatoms. The third-order valence-electron chi connectivity index (χ3n) is 2.14. The summed E-state index contributed by atoms with van der Waals surface area (Å²) in [6, 6.07) is 3.31. The number of imidazole rings is 1. The molecular weight excluding hydrogens is 301 g/mol. The van der Waals surface area contributed by atoms with Crippen LogP contribution in [0, 0.1) is 0 Å². The highest BCUT2D eigenvalue weighted by Crippen LogP contribution is 2.32. The van der Waals surface area contributed by atoms with E-state index >= 15 is 0 Å². The van der Waals surface area contributed by atoms with Crippen molar-refractivity contribution in [3.05, 3.63) is 51.1 Å². The Morgan fingerprint density at radius 3 is 2.47 bits per heavy atom. The Bertz CT molecular complexity index is 600. The number of H-pyrrole nitrogens is 1. The molecule has 90 valence electrons. The van der Waals surface area contributed by atoms with E-state index in [0.717, 1.165) is 16.7 Å². The van der Waals surface area contributed by atoms with Crippen LogP contribution in [0.4, 0.5) is 13.2 Å². The van der Waals surface area contributed by atoms with Gasteiger partial charge in [0.05, 0.1) is 11.3 Å². The summed E-state index contributed by atoms with van der Waals surface area (Å²) in [6.07, 6.45) is -1.72. The second-order valence-corrected chi connectivity index (χ2v) is 4.25. The minimum absolute atomic E-state index is 0.151. The van der Waals surface area contributed by atoms with Crippen LogP contribution < -0.4 is 5.69 Å². The van der Waals surface area contributed by atoms with Gasteiger partial charge in [-0.05, 0) is 18.2 Å². The zero-order valence-electron chi connectivity index (χ0n) is 8.25. The molecule has 1 N–H and O–H groups in total. The van der Waals surface area contributed by atoms with Crippen molar-refractivity contribution >= 4 is 15.9 Å². The Morgan fingerprint density at radius 1 is 1.24 bits per heavy atom. The van der Waals surface area contributed by atoms with E-state index in [-0.39, 0.29) is 10.2 Å². The lowest BCUT2D eigenvalue weighted by Crippen LogP contribution is -2.15. The number of nitrogens with zero attached hydrogens (tertiary/aromatic N) is 1. The van der Waals surface area contributed by atoms with Crippen molar-refractivity contribution in [2.75, 3.05) is 0 Å². The van der Waals surface area contributed by atoms with Gasteiger partial charge in [0, 0.05) is 16.9 Å². The Labute approximate surface area is 102 Å². The molecule has 0 bridgehead atoms. The number of benzene rings is 1. The van der Waals surface area contributed by atoms with Crippen molar-refractivity contribution in [3.63, 3.8) is 0 Å². The summed E-state index contributed by atoms with van der Waals surface area (Å²) in [7, 11) is 0. The highest BCUT2D eigenvalue weighted by Gasteiger charge is 2.31. The van der Waals surface area contributed by atoms with E-state index in [4.69, 9.17) is 0 Å². The number of halogens is 4. The topological polar surface area (TPSA) is 37.8 Å². The molecule has 3 nitrogen and oxygen atoms in total. The van der Waals surface area contributed by atoms with Crippen LogP contribution in [0.15, 0.2) is 39.9 Å². The molecule has 1 aromatic carbocycles. The number of hydrogen-bond donors (Lipinski definition) is 1. The zero-order valence-corrected chi connectivity index (χ0v) is 9.84. The SMILES string of the molecule is O=c1[nH]ccn1-c1cc(Br)cc(C(F)(F)F)c1. The minimum Gasteiger partial charge on any atom is -0.312 e. The van der Waals surface area contributed by atoms with Crippen LogP contribution in [-0.4, -0.2) is 9.55 Å². The van der Waals surface area contributed by atoms with Gasteiger partial charge in [-0.2, -0.15) is 13.2 Å². The molecule has 0 atom stereocenters. The fourth-order valence-electron chi connectivity index (χ4n) is 1.40. The number of aromatic amines is 1. The maximum absolute atomic E-state index is 12.6. The molecule has 17 heavy (non-hydrogen) atoms. The number of rotatable bonds is 1. The lowest BCUT2D eigenvalue weighted by Gasteiger charge is -2.09. The van der Waals surface area contributed by atoms with Crippen LogP contribution in [0.25, 0.3) is 5.69 Å². The molecular formula is C10H6BrF3N2O. The molecule has 2 aromatic rings. The van der Waals surface area contributed by atoms with Gasteiger partial charge >= 0.3 is 11.9 Å². The second kappa shape index (κ2) is 4.06. The zero-order chi connectivity index (χ0) is 12.6. The van der Waals surface area contributed by atoms with Gasteiger partial charge < -0.3 is 4.98 Å². The van der Waals surface area contributed by atoms with Crippen LogP contribution in [-0.2, 0) is 6.18 Å². The molecule has 2 rings (SSSR count). The largest absolute Gasteiger partial charge is 0.416 e. The van der Waals surface area contributed by atoms with Crippen LogP contribution >= 0.6 is 15.9 Å². The maximum atomic E-state index is 12.6. The van der Waals surface area contributed by atoms with Crippen molar-refractivity contribution in [1.82, 2.24) is 9.55 Å². The lowest BCUT2D eigenvalue weighted by molar-refractivity contribution is -0.137. The number of aromatic nitrogens is 2. The summed E-state index contributed by atoms with van der Waals surface area (Å²) in [6.45, 7) is 0. The van der Waals surface area contributed by atoms with Crippen molar-refractivity contribution < 1.29 is 13.2 Å². The normalized spacial score (nSPS) is 11.8. The molecule has 0 aliphatic heterocycles. The first-order valence-electron chi connectivity index (χ1n) is 4.52. The van der Waals surface area contributed by atoms with Crippen molar-refractivity contribution in [1.29, 1.82) is 0 Å². The molecule has 0 fully saturated rings. The fraction of sp³-hybridized carbons (Fsp3) is 0.100. The molecule has 0 amide bonds. The predicted molar refractivity (Wildman–Crippen MR) is 59.1 cm³/mol. The van der Waals surface area contributed by atoms with Gasteiger partial charge in [0.2, 0.25) is 0 Å². The summed E-state index contributed by atoms with van der Waals surface area (Å²) in [4.78, 5) is 13.7. The van der Waals surface area contributed by atoms with Gasteiger partial charge in [0.15, 0.2) is 0 Å². The summed E-state index contributed by atoms with van der Waals surface area (Å²) >= 11 is 2.99. The van der Waals surface area contributed by atoms with E-state index in [1.54, 1.807) is 0 Å². The van der Waals surface area contributed by atoms with E-state index in [2.05, 4.69) is 20.9 Å². The minimum atomic E-state index is -4.45. The van der Waals surface area contributed by atoms with Gasteiger partial charge in [-0.1, -0.05) is 15.9 Å². The molecule has 0 spiro atoms. The van der Waals surface area contributed by atoms with Gasteiger partial charge in [-0.15, -0.1) is 0 Å². The Kier molecular flexibility index (Phi) is 2.86. The molecule has 0 radical (unpaired) electrons. The number of alkyl halides is 3. The third kappa shape index (κ3) is 2.44. The van der Waals surface area contributed by atoms with Gasteiger partial charge in [-0.3, -0.25) is 4.57 Å². The second-order valence-electron chi connectivity index (χ2n) is 3.33. The smallest absolute Gasteiger partial charge is 0.312 e. The Morgan fingerprint density at radius 2 is 1.94 bits per heavy atom. The highest BCUT2D eigenvalue weighted by molar-refractivity contribution is 9.10. The van der Waals surface area contributed by atoms with Crippen LogP contribution in [0.1, 0.15) is 5.56 Å². The molecule has 0 saturated carbocycles. The Balaban J connectivity index is 2.61.